The van der Waals surface area contributed by atoms with Gasteiger partial charge in [-0.15, -0.1) is 0 Å². The van der Waals surface area contributed by atoms with E-state index in [-0.39, 0.29) is 12.6 Å². The summed E-state index contributed by atoms with van der Waals surface area (Å²) in [6, 6.07) is 5.57. The van der Waals surface area contributed by atoms with Crippen molar-refractivity contribution in [3.05, 3.63) is 24.1 Å². The lowest BCUT2D eigenvalue weighted by Crippen LogP contribution is -2.51. The van der Waals surface area contributed by atoms with Gasteiger partial charge in [-0.3, -0.25) is 4.90 Å². The molecule has 2 heterocycles. The largest absolute Gasteiger partial charge is 0.493 e. The van der Waals surface area contributed by atoms with Crippen LogP contribution in [0, 0.1) is 0 Å². The second-order valence-electron chi connectivity index (χ2n) is 5.04. The van der Waals surface area contributed by atoms with Crippen LogP contribution in [0.4, 0.5) is 0 Å². The Morgan fingerprint density at radius 3 is 2.81 bits per heavy atom. The van der Waals surface area contributed by atoms with Crippen molar-refractivity contribution in [1.29, 1.82) is 0 Å². The van der Waals surface area contributed by atoms with Crippen LogP contribution in [-0.4, -0.2) is 48.4 Å². The Balaban J connectivity index is 1.85. The minimum Gasteiger partial charge on any atom is -0.493 e. The predicted molar refractivity (Wildman–Crippen MR) is 76.1 cm³/mol. The maximum Gasteiger partial charge on any atom is 0.240 e. The highest BCUT2D eigenvalue weighted by atomic mass is 16.5. The maximum absolute atomic E-state index is 5.96. The van der Waals surface area contributed by atoms with Crippen LogP contribution in [0.15, 0.2) is 22.7 Å². The average Bonchev–Trinajstić information content (AvgIpc) is 2.94. The molecule has 112 valence electrons. The molecule has 0 amide bonds. The molecule has 3 rings (SSSR count). The molecule has 21 heavy (non-hydrogen) atoms. The molecule has 1 aromatic carbocycles. The van der Waals surface area contributed by atoms with Crippen molar-refractivity contribution in [2.75, 3.05) is 27.2 Å². The Morgan fingerprint density at radius 2 is 2.19 bits per heavy atom. The third kappa shape index (κ3) is 2.84. The molecule has 1 aliphatic heterocycles. The summed E-state index contributed by atoms with van der Waals surface area (Å²) < 4.78 is 16.3. The molecule has 0 unspecified atom stereocenters. The fourth-order valence-electron chi connectivity index (χ4n) is 2.26. The van der Waals surface area contributed by atoms with Gasteiger partial charge < -0.3 is 19.7 Å². The number of ether oxygens (including phenoxy) is 2. The van der Waals surface area contributed by atoms with E-state index in [1.165, 1.54) is 0 Å². The molecule has 7 heteroatoms. The van der Waals surface area contributed by atoms with Crippen LogP contribution >= 0.6 is 0 Å². The van der Waals surface area contributed by atoms with Crippen LogP contribution in [0.2, 0.25) is 0 Å². The zero-order chi connectivity index (χ0) is 14.8. The van der Waals surface area contributed by atoms with Crippen LogP contribution in [-0.2, 0) is 6.54 Å². The van der Waals surface area contributed by atoms with E-state index < -0.39 is 0 Å². The SMILES string of the molecule is COc1ccc(-c2noc(CN)n2)cc1OC1CN(C)C1. The highest BCUT2D eigenvalue weighted by Crippen LogP contribution is 2.33. The number of hydrogen-bond donors (Lipinski definition) is 1. The lowest BCUT2D eigenvalue weighted by Gasteiger charge is -2.36. The molecule has 0 bridgehead atoms. The summed E-state index contributed by atoms with van der Waals surface area (Å²) in [7, 11) is 3.68. The highest BCUT2D eigenvalue weighted by Gasteiger charge is 2.26. The summed E-state index contributed by atoms with van der Waals surface area (Å²) in [4.78, 5) is 6.40. The number of benzene rings is 1. The zero-order valence-electron chi connectivity index (χ0n) is 12.1. The summed E-state index contributed by atoms with van der Waals surface area (Å²) in [5.41, 5.74) is 6.28. The van der Waals surface area contributed by atoms with Gasteiger partial charge in [0.2, 0.25) is 11.7 Å². The van der Waals surface area contributed by atoms with Crippen LogP contribution in [0.25, 0.3) is 11.4 Å². The molecule has 1 fully saturated rings. The summed E-state index contributed by atoms with van der Waals surface area (Å²) in [5, 5.41) is 3.91. The van der Waals surface area contributed by atoms with Crippen molar-refractivity contribution in [3.8, 4) is 22.9 Å². The van der Waals surface area contributed by atoms with Crippen LogP contribution < -0.4 is 15.2 Å². The monoisotopic (exact) mass is 290 g/mol. The number of aromatic nitrogens is 2. The highest BCUT2D eigenvalue weighted by molar-refractivity contribution is 5.60. The number of nitrogens with zero attached hydrogens (tertiary/aromatic N) is 3. The average molecular weight is 290 g/mol. The lowest BCUT2D eigenvalue weighted by atomic mass is 10.1. The van der Waals surface area contributed by atoms with Gasteiger partial charge in [0, 0.05) is 18.7 Å². The van der Waals surface area contributed by atoms with Crippen molar-refractivity contribution in [1.82, 2.24) is 15.0 Å². The number of methoxy groups -OCH3 is 1. The van der Waals surface area contributed by atoms with E-state index in [2.05, 4.69) is 22.1 Å². The smallest absolute Gasteiger partial charge is 0.240 e. The third-order valence-electron chi connectivity index (χ3n) is 3.39. The van der Waals surface area contributed by atoms with E-state index >= 15 is 0 Å². The first-order valence-corrected chi connectivity index (χ1v) is 6.76. The van der Waals surface area contributed by atoms with E-state index in [1.807, 2.05) is 18.2 Å². The summed E-state index contributed by atoms with van der Waals surface area (Å²) in [5.74, 6) is 2.28. The van der Waals surface area contributed by atoms with E-state index in [0.717, 1.165) is 18.7 Å². The van der Waals surface area contributed by atoms with Gasteiger partial charge in [0.1, 0.15) is 6.10 Å². The summed E-state index contributed by atoms with van der Waals surface area (Å²) >= 11 is 0. The Bertz CT molecular complexity index is 622. The molecular weight excluding hydrogens is 272 g/mol. The minimum atomic E-state index is 0.184. The third-order valence-corrected chi connectivity index (χ3v) is 3.39. The molecule has 0 atom stereocenters. The molecule has 0 aliphatic carbocycles. The first kappa shape index (κ1) is 13.8. The maximum atomic E-state index is 5.96. The van der Waals surface area contributed by atoms with Crippen LogP contribution in [0.1, 0.15) is 5.89 Å². The summed E-state index contributed by atoms with van der Waals surface area (Å²) in [6.45, 7) is 2.04. The Labute approximate surface area is 122 Å². The fourth-order valence-corrected chi connectivity index (χ4v) is 2.26. The molecule has 2 N–H and O–H groups in total. The van der Waals surface area contributed by atoms with E-state index in [9.17, 15) is 0 Å². The van der Waals surface area contributed by atoms with E-state index in [4.69, 9.17) is 19.7 Å². The normalized spacial score (nSPS) is 15.8. The molecule has 1 aliphatic rings. The van der Waals surface area contributed by atoms with E-state index in [0.29, 0.717) is 23.2 Å². The van der Waals surface area contributed by atoms with Gasteiger partial charge in [-0.2, -0.15) is 4.98 Å². The molecule has 1 aromatic heterocycles. The first-order chi connectivity index (χ1) is 10.2. The van der Waals surface area contributed by atoms with Gasteiger partial charge in [-0.05, 0) is 25.2 Å². The van der Waals surface area contributed by atoms with Crippen LogP contribution in [0.3, 0.4) is 0 Å². The molecule has 0 radical (unpaired) electrons. The Hall–Kier alpha value is -2.12. The quantitative estimate of drug-likeness (QED) is 0.875. The standard InChI is InChI=1S/C14H18N4O3/c1-18-7-10(8-18)20-12-5-9(3-4-11(12)19-2)14-16-13(6-15)21-17-14/h3-5,10H,6-8,15H2,1-2H3. The molecule has 2 aromatic rings. The van der Waals surface area contributed by atoms with Crippen molar-refractivity contribution in [2.45, 2.75) is 12.6 Å². The number of nitrogens with two attached hydrogens (primary N) is 1. The second kappa shape index (κ2) is 5.71. The van der Waals surface area contributed by atoms with Crippen molar-refractivity contribution in [2.24, 2.45) is 5.73 Å². The second-order valence-corrected chi connectivity index (χ2v) is 5.04. The zero-order valence-corrected chi connectivity index (χ0v) is 12.1. The van der Waals surface area contributed by atoms with Crippen molar-refractivity contribution >= 4 is 0 Å². The minimum absolute atomic E-state index is 0.184. The number of rotatable bonds is 5. The number of hydrogen-bond acceptors (Lipinski definition) is 7. The van der Waals surface area contributed by atoms with Gasteiger partial charge in [0.15, 0.2) is 11.5 Å². The van der Waals surface area contributed by atoms with Gasteiger partial charge in [-0.25, -0.2) is 0 Å². The molecule has 0 saturated carbocycles. The van der Waals surface area contributed by atoms with Gasteiger partial charge in [0.05, 0.1) is 13.7 Å². The predicted octanol–water partition coefficient (Wildman–Crippen LogP) is 0.897. The molecule has 1 saturated heterocycles. The summed E-state index contributed by atoms with van der Waals surface area (Å²) in [6.07, 6.45) is 0.184. The first-order valence-electron chi connectivity index (χ1n) is 6.76. The van der Waals surface area contributed by atoms with E-state index in [1.54, 1.807) is 7.11 Å². The topological polar surface area (TPSA) is 86.6 Å². The Morgan fingerprint density at radius 1 is 1.38 bits per heavy atom. The molecule has 7 nitrogen and oxygen atoms in total. The van der Waals surface area contributed by atoms with Gasteiger partial charge in [0.25, 0.3) is 0 Å². The fraction of sp³-hybridized carbons (Fsp3) is 0.429. The molecule has 0 spiro atoms. The molecular formula is C14H18N4O3. The lowest BCUT2D eigenvalue weighted by molar-refractivity contribution is 0.0370. The number of likely N-dealkylation sites (N-methyl/N-ethyl adjacent to an activating group) is 1. The van der Waals surface area contributed by atoms with Gasteiger partial charge in [-0.1, -0.05) is 5.16 Å². The van der Waals surface area contributed by atoms with Crippen LogP contribution in [0.5, 0.6) is 11.5 Å². The Kier molecular flexibility index (Phi) is 3.76. The van der Waals surface area contributed by atoms with Gasteiger partial charge >= 0.3 is 0 Å². The van der Waals surface area contributed by atoms with Crippen molar-refractivity contribution < 1.29 is 14.0 Å². The number of likely N-dealkylation sites (tertiary alicyclic amines) is 1. The van der Waals surface area contributed by atoms with Crippen molar-refractivity contribution in [3.63, 3.8) is 0 Å².